The van der Waals surface area contributed by atoms with Crippen LogP contribution in [0.1, 0.15) is 33.7 Å². The predicted molar refractivity (Wildman–Crippen MR) is 129 cm³/mol. The Morgan fingerprint density at radius 2 is 1.75 bits per heavy atom. The number of amides is 1. The second-order valence-electron chi connectivity index (χ2n) is 8.56. The molecule has 1 fully saturated rings. The Morgan fingerprint density at radius 3 is 2.47 bits per heavy atom. The van der Waals surface area contributed by atoms with Crippen molar-refractivity contribution in [2.24, 2.45) is 0 Å². The number of nitrogens with one attached hydrogen (secondary N) is 1. The lowest BCUT2D eigenvalue weighted by molar-refractivity contribution is 0.0951. The number of benzene rings is 2. The van der Waals surface area contributed by atoms with Gasteiger partial charge in [0.1, 0.15) is 0 Å². The number of carbonyl (C=O) groups excluding carboxylic acids is 1. The number of piperazine rings is 1. The lowest BCUT2D eigenvalue weighted by Crippen LogP contribution is -2.47. The summed E-state index contributed by atoms with van der Waals surface area (Å²) < 4.78 is 1.98. The standard InChI is InChI=1S/C26H33N5O/c1-21-18-22(2)31(28-21)20-23-8-6-9-24(19-23)26(32)27-12-7-13-29-14-16-30(17-15-29)25-10-4-3-5-11-25/h3-6,8-11,18-19H,7,12-17,20H2,1-2H3,(H,27,32). The number of carbonyl (C=O) groups is 1. The quantitative estimate of drug-likeness (QED) is 0.555. The van der Waals surface area contributed by atoms with E-state index in [1.54, 1.807) is 0 Å². The molecule has 0 saturated carbocycles. The molecule has 168 valence electrons. The Labute approximate surface area is 190 Å². The summed E-state index contributed by atoms with van der Waals surface area (Å²) in [5, 5.41) is 7.60. The van der Waals surface area contributed by atoms with Crippen LogP contribution in [0.5, 0.6) is 0 Å². The largest absolute Gasteiger partial charge is 0.369 e. The number of aryl methyl sites for hydroxylation is 2. The van der Waals surface area contributed by atoms with Crippen LogP contribution < -0.4 is 10.2 Å². The highest BCUT2D eigenvalue weighted by atomic mass is 16.1. The average Bonchev–Trinajstić information content (AvgIpc) is 3.14. The van der Waals surface area contributed by atoms with E-state index < -0.39 is 0 Å². The minimum absolute atomic E-state index is 0.00545. The predicted octanol–water partition coefficient (Wildman–Crippen LogP) is 3.49. The maximum Gasteiger partial charge on any atom is 0.251 e. The van der Waals surface area contributed by atoms with Gasteiger partial charge in [-0.15, -0.1) is 0 Å². The molecule has 2 aromatic carbocycles. The summed E-state index contributed by atoms with van der Waals surface area (Å²) in [6.45, 7) is 10.7. The molecule has 0 spiro atoms. The zero-order chi connectivity index (χ0) is 22.3. The molecule has 32 heavy (non-hydrogen) atoms. The monoisotopic (exact) mass is 431 g/mol. The summed E-state index contributed by atoms with van der Waals surface area (Å²) in [5.41, 5.74) is 5.24. The van der Waals surface area contributed by atoms with Crippen LogP contribution in [-0.4, -0.2) is 59.9 Å². The Morgan fingerprint density at radius 1 is 0.969 bits per heavy atom. The molecule has 1 aliphatic rings. The molecule has 0 unspecified atom stereocenters. The van der Waals surface area contributed by atoms with Gasteiger partial charge in [-0.1, -0.05) is 30.3 Å². The first-order valence-corrected chi connectivity index (χ1v) is 11.5. The van der Waals surface area contributed by atoms with Gasteiger partial charge in [0.25, 0.3) is 5.91 Å². The molecule has 2 heterocycles. The van der Waals surface area contributed by atoms with Gasteiger partial charge in [0.15, 0.2) is 0 Å². The van der Waals surface area contributed by atoms with E-state index in [4.69, 9.17) is 0 Å². The van der Waals surface area contributed by atoms with Crippen LogP contribution in [0, 0.1) is 13.8 Å². The highest BCUT2D eigenvalue weighted by molar-refractivity contribution is 5.94. The lowest BCUT2D eigenvalue weighted by Gasteiger charge is -2.36. The molecule has 3 aromatic rings. The summed E-state index contributed by atoms with van der Waals surface area (Å²) >= 11 is 0. The molecule has 1 aromatic heterocycles. The summed E-state index contributed by atoms with van der Waals surface area (Å²) in [6, 6.07) is 20.5. The van der Waals surface area contributed by atoms with Crippen molar-refractivity contribution in [3.63, 3.8) is 0 Å². The number of anilines is 1. The van der Waals surface area contributed by atoms with Crippen molar-refractivity contribution in [3.8, 4) is 0 Å². The smallest absolute Gasteiger partial charge is 0.251 e. The minimum atomic E-state index is -0.00545. The highest BCUT2D eigenvalue weighted by Crippen LogP contribution is 2.15. The fourth-order valence-electron chi connectivity index (χ4n) is 4.29. The topological polar surface area (TPSA) is 53.4 Å². The van der Waals surface area contributed by atoms with E-state index in [0.29, 0.717) is 18.7 Å². The molecule has 0 aliphatic carbocycles. The van der Waals surface area contributed by atoms with Crippen molar-refractivity contribution in [2.75, 3.05) is 44.2 Å². The van der Waals surface area contributed by atoms with Crippen LogP contribution in [-0.2, 0) is 6.54 Å². The molecule has 6 nitrogen and oxygen atoms in total. The lowest BCUT2D eigenvalue weighted by atomic mass is 10.1. The maximum atomic E-state index is 12.6. The van der Waals surface area contributed by atoms with Gasteiger partial charge in [-0.25, -0.2) is 0 Å². The van der Waals surface area contributed by atoms with Gasteiger partial charge in [0.05, 0.1) is 12.2 Å². The molecular weight excluding hydrogens is 398 g/mol. The van der Waals surface area contributed by atoms with Crippen LogP contribution >= 0.6 is 0 Å². The van der Waals surface area contributed by atoms with Crippen molar-refractivity contribution in [1.29, 1.82) is 0 Å². The third kappa shape index (κ3) is 5.77. The normalized spacial score (nSPS) is 14.5. The Hall–Kier alpha value is -3.12. The molecule has 0 radical (unpaired) electrons. The summed E-state index contributed by atoms with van der Waals surface area (Å²) in [7, 11) is 0. The van der Waals surface area contributed by atoms with Crippen LogP contribution in [0.3, 0.4) is 0 Å². The minimum Gasteiger partial charge on any atom is -0.369 e. The molecule has 1 aliphatic heterocycles. The Bertz CT molecular complexity index is 1020. The summed E-state index contributed by atoms with van der Waals surface area (Å²) in [6.07, 6.45) is 0.961. The number of nitrogens with zero attached hydrogens (tertiary/aromatic N) is 4. The number of hydrogen-bond acceptors (Lipinski definition) is 4. The number of para-hydroxylation sites is 1. The molecule has 0 bridgehead atoms. The molecule has 1 saturated heterocycles. The Balaban J connectivity index is 1.19. The van der Waals surface area contributed by atoms with Gasteiger partial charge in [0, 0.05) is 49.7 Å². The van der Waals surface area contributed by atoms with Gasteiger partial charge in [-0.3, -0.25) is 14.4 Å². The number of rotatable bonds is 8. The van der Waals surface area contributed by atoms with E-state index in [9.17, 15) is 4.79 Å². The van der Waals surface area contributed by atoms with Crippen LogP contribution in [0.15, 0.2) is 60.7 Å². The average molecular weight is 432 g/mol. The second kappa shape index (κ2) is 10.5. The molecule has 1 N–H and O–H groups in total. The summed E-state index contributed by atoms with van der Waals surface area (Å²) in [4.78, 5) is 17.5. The van der Waals surface area contributed by atoms with E-state index in [0.717, 1.165) is 56.1 Å². The fourth-order valence-corrected chi connectivity index (χ4v) is 4.29. The molecule has 1 amide bonds. The van der Waals surface area contributed by atoms with Crippen LogP contribution in [0.2, 0.25) is 0 Å². The molecule has 0 atom stereocenters. The van der Waals surface area contributed by atoms with Crippen LogP contribution in [0.25, 0.3) is 0 Å². The molecule has 6 heteroatoms. The van der Waals surface area contributed by atoms with Gasteiger partial charge >= 0.3 is 0 Å². The molecule has 4 rings (SSSR count). The first kappa shape index (κ1) is 22.1. The summed E-state index contributed by atoms with van der Waals surface area (Å²) in [5.74, 6) is -0.00545. The Kier molecular flexibility index (Phi) is 7.22. The first-order valence-electron chi connectivity index (χ1n) is 11.5. The maximum absolute atomic E-state index is 12.6. The van der Waals surface area contributed by atoms with Crippen molar-refractivity contribution >= 4 is 11.6 Å². The van der Waals surface area contributed by atoms with Crippen molar-refractivity contribution in [3.05, 3.63) is 83.2 Å². The van der Waals surface area contributed by atoms with Gasteiger partial charge in [-0.2, -0.15) is 5.10 Å². The fraction of sp³-hybridized carbons (Fsp3) is 0.385. The third-order valence-corrected chi connectivity index (χ3v) is 6.06. The zero-order valence-electron chi connectivity index (χ0n) is 19.1. The van der Waals surface area contributed by atoms with Crippen molar-refractivity contribution in [1.82, 2.24) is 20.0 Å². The molecular formula is C26H33N5O. The number of aromatic nitrogens is 2. The highest BCUT2D eigenvalue weighted by Gasteiger charge is 2.16. The first-order chi connectivity index (χ1) is 15.6. The number of hydrogen-bond donors (Lipinski definition) is 1. The van der Waals surface area contributed by atoms with Crippen molar-refractivity contribution < 1.29 is 4.79 Å². The SMILES string of the molecule is Cc1cc(C)n(Cc2cccc(C(=O)NCCCN3CCN(c4ccccc4)CC3)c2)n1. The second-order valence-corrected chi connectivity index (χ2v) is 8.56. The van der Waals surface area contributed by atoms with E-state index in [-0.39, 0.29) is 5.91 Å². The van der Waals surface area contributed by atoms with E-state index in [1.807, 2.05) is 35.9 Å². The third-order valence-electron chi connectivity index (χ3n) is 6.06. The van der Waals surface area contributed by atoms with Gasteiger partial charge in [-0.05, 0) is 62.7 Å². The van der Waals surface area contributed by atoms with E-state index >= 15 is 0 Å². The zero-order valence-corrected chi connectivity index (χ0v) is 19.1. The van der Waals surface area contributed by atoms with E-state index in [1.165, 1.54) is 5.69 Å². The van der Waals surface area contributed by atoms with Gasteiger partial charge < -0.3 is 10.2 Å². The van der Waals surface area contributed by atoms with Gasteiger partial charge in [0.2, 0.25) is 0 Å². The van der Waals surface area contributed by atoms with E-state index in [2.05, 4.69) is 63.5 Å². The van der Waals surface area contributed by atoms with Crippen molar-refractivity contribution in [2.45, 2.75) is 26.8 Å². The van der Waals surface area contributed by atoms with Crippen LogP contribution in [0.4, 0.5) is 5.69 Å².